The van der Waals surface area contributed by atoms with Crippen molar-refractivity contribution in [3.05, 3.63) is 58.0 Å². The molecule has 1 atom stereocenters. The lowest BCUT2D eigenvalue weighted by Crippen LogP contribution is -2.40. The summed E-state index contributed by atoms with van der Waals surface area (Å²) in [6.45, 7) is 0.0730. The van der Waals surface area contributed by atoms with Crippen LogP contribution in [0.1, 0.15) is 21.7 Å². The van der Waals surface area contributed by atoms with Crippen LogP contribution in [0.3, 0.4) is 0 Å². The largest absolute Gasteiger partial charge is 0.329 e. The van der Waals surface area contributed by atoms with Crippen molar-refractivity contribution in [2.24, 2.45) is 0 Å². The van der Waals surface area contributed by atoms with Crippen molar-refractivity contribution in [1.29, 1.82) is 0 Å². The Bertz CT molecular complexity index is 802. The van der Waals surface area contributed by atoms with Gasteiger partial charge < -0.3 is 4.90 Å². The van der Waals surface area contributed by atoms with Crippen LogP contribution in [0.15, 0.2) is 41.8 Å². The van der Waals surface area contributed by atoms with E-state index in [1.807, 2.05) is 0 Å². The molecule has 1 amide bonds. The monoisotopic (exact) mass is 353 g/mol. The van der Waals surface area contributed by atoms with Gasteiger partial charge in [0.1, 0.15) is 5.82 Å². The summed E-state index contributed by atoms with van der Waals surface area (Å²) in [5.41, 5.74) is 0.390. The number of hydrogen-bond acceptors (Lipinski definition) is 4. The van der Waals surface area contributed by atoms with Gasteiger partial charge in [0.15, 0.2) is 9.84 Å². The van der Waals surface area contributed by atoms with Crippen molar-refractivity contribution in [3.63, 3.8) is 0 Å². The van der Waals surface area contributed by atoms with Gasteiger partial charge in [0, 0.05) is 18.2 Å². The highest BCUT2D eigenvalue weighted by molar-refractivity contribution is 7.91. The van der Waals surface area contributed by atoms with E-state index in [9.17, 15) is 17.6 Å². The first-order valence-electron chi connectivity index (χ1n) is 7.24. The van der Waals surface area contributed by atoms with Gasteiger partial charge >= 0.3 is 0 Å². The number of rotatable bonds is 4. The lowest BCUT2D eigenvalue weighted by Gasteiger charge is -2.28. The molecule has 1 aromatic carbocycles. The summed E-state index contributed by atoms with van der Waals surface area (Å²) in [5, 5.41) is 1.79. The fourth-order valence-electron chi connectivity index (χ4n) is 2.74. The van der Waals surface area contributed by atoms with Crippen LogP contribution in [0.25, 0.3) is 0 Å². The van der Waals surface area contributed by atoms with Gasteiger partial charge in [-0.25, -0.2) is 12.8 Å². The maximum absolute atomic E-state index is 13.9. The molecule has 2 aromatic rings. The number of halogens is 1. The van der Waals surface area contributed by atoms with Crippen LogP contribution in [0.2, 0.25) is 0 Å². The highest BCUT2D eigenvalue weighted by atomic mass is 32.2. The first-order valence-corrected chi connectivity index (χ1v) is 9.95. The van der Waals surface area contributed by atoms with E-state index < -0.39 is 21.7 Å². The number of hydrogen-bond donors (Lipinski definition) is 0. The number of benzene rings is 1. The Morgan fingerprint density at radius 1 is 1.26 bits per heavy atom. The summed E-state index contributed by atoms with van der Waals surface area (Å²) in [7, 11) is -3.13. The second-order valence-corrected chi connectivity index (χ2v) is 8.74. The van der Waals surface area contributed by atoms with Gasteiger partial charge in [-0.15, -0.1) is 11.3 Å². The Morgan fingerprint density at radius 3 is 2.65 bits per heavy atom. The van der Waals surface area contributed by atoms with Gasteiger partial charge in [0.25, 0.3) is 5.91 Å². The SMILES string of the molecule is O=C(c1cccs1)N(Cc1ccccc1F)C1CCS(=O)(=O)C1. The molecule has 3 rings (SSSR count). The van der Waals surface area contributed by atoms with Crippen LogP contribution in [0.5, 0.6) is 0 Å². The fraction of sp³-hybridized carbons (Fsp3) is 0.312. The smallest absolute Gasteiger partial charge is 0.264 e. The van der Waals surface area contributed by atoms with Crippen LogP contribution >= 0.6 is 11.3 Å². The van der Waals surface area contributed by atoms with Crippen LogP contribution in [0.4, 0.5) is 4.39 Å². The molecule has 1 fully saturated rings. The fourth-order valence-corrected chi connectivity index (χ4v) is 5.15. The van der Waals surface area contributed by atoms with E-state index in [0.29, 0.717) is 16.9 Å². The molecule has 1 aliphatic rings. The lowest BCUT2D eigenvalue weighted by atomic mass is 10.1. The van der Waals surface area contributed by atoms with Crippen molar-refractivity contribution in [3.8, 4) is 0 Å². The summed E-state index contributed by atoms with van der Waals surface area (Å²) in [4.78, 5) is 14.8. The lowest BCUT2D eigenvalue weighted by molar-refractivity contribution is 0.0684. The van der Waals surface area contributed by atoms with E-state index in [1.165, 1.54) is 22.3 Å². The molecule has 1 aromatic heterocycles. The molecule has 1 saturated heterocycles. The molecule has 1 aliphatic heterocycles. The van der Waals surface area contributed by atoms with Gasteiger partial charge in [-0.2, -0.15) is 0 Å². The summed E-state index contributed by atoms with van der Waals surface area (Å²) in [6, 6.07) is 9.31. The molecular formula is C16H16FNO3S2. The van der Waals surface area contributed by atoms with Crippen molar-refractivity contribution in [1.82, 2.24) is 4.90 Å². The zero-order valence-corrected chi connectivity index (χ0v) is 13.9. The standard InChI is InChI=1S/C16H16FNO3S2/c17-14-5-2-1-4-12(14)10-18(13-7-9-23(20,21)11-13)16(19)15-6-3-8-22-15/h1-6,8,13H,7,9-11H2. The number of amides is 1. The average Bonchev–Trinajstić information content (AvgIpc) is 3.15. The first kappa shape index (κ1) is 16.1. The third kappa shape index (κ3) is 3.61. The topological polar surface area (TPSA) is 54.5 Å². The number of carbonyl (C=O) groups is 1. The molecule has 0 spiro atoms. The van der Waals surface area contributed by atoms with Crippen molar-refractivity contribution < 1.29 is 17.6 Å². The van der Waals surface area contributed by atoms with E-state index in [2.05, 4.69) is 0 Å². The van der Waals surface area contributed by atoms with Crippen molar-refractivity contribution >= 4 is 27.1 Å². The Hall–Kier alpha value is -1.73. The minimum atomic E-state index is -3.13. The minimum absolute atomic E-state index is 0.0570. The van der Waals surface area contributed by atoms with Crippen LogP contribution in [-0.2, 0) is 16.4 Å². The Balaban J connectivity index is 1.90. The number of thiophene rings is 1. The van der Waals surface area contributed by atoms with Crippen LogP contribution in [-0.4, -0.2) is 36.8 Å². The molecular weight excluding hydrogens is 337 g/mol. The van der Waals surface area contributed by atoms with Gasteiger partial charge in [-0.1, -0.05) is 24.3 Å². The normalized spacial score (nSPS) is 19.6. The zero-order chi connectivity index (χ0) is 16.4. The molecule has 0 aliphatic carbocycles. The number of carbonyl (C=O) groups excluding carboxylic acids is 1. The Kier molecular flexibility index (Phi) is 4.50. The second kappa shape index (κ2) is 6.41. The molecule has 7 heteroatoms. The predicted octanol–water partition coefficient (Wildman–Crippen LogP) is 2.72. The zero-order valence-electron chi connectivity index (χ0n) is 12.3. The molecule has 1 unspecified atom stereocenters. The molecule has 0 saturated carbocycles. The highest BCUT2D eigenvalue weighted by Gasteiger charge is 2.35. The number of sulfone groups is 1. The number of nitrogens with zero attached hydrogens (tertiary/aromatic N) is 1. The summed E-state index contributed by atoms with van der Waals surface area (Å²) >= 11 is 1.30. The van der Waals surface area contributed by atoms with E-state index in [4.69, 9.17) is 0 Å². The summed E-state index contributed by atoms with van der Waals surface area (Å²) < 4.78 is 37.5. The second-order valence-electron chi connectivity index (χ2n) is 5.56. The first-order chi connectivity index (χ1) is 11.0. The van der Waals surface area contributed by atoms with Crippen molar-refractivity contribution in [2.45, 2.75) is 19.0 Å². The van der Waals surface area contributed by atoms with E-state index in [0.717, 1.165) is 0 Å². The Labute approximate surface area is 138 Å². The highest BCUT2D eigenvalue weighted by Crippen LogP contribution is 2.24. The summed E-state index contributed by atoms with van der Waals surface area (Å²) in [5.74, 6) is -0.621. The third-order valence-electron chi connectivity index (χ3n) is 3.94. The van der Waals surface area contributed by atoms with E-state index in [-0.39, 0.29) is 24.0 Å². The average molecular weight is 353 g/mol. The third-order valence-corrected chi connectivity index (χ3v) is 6.55. The molecule has 4 nitrogen and oxygen atoms in total. The maximum atomic E-state index is 13.9. The van der Waals surface area contributed by atoms with Gasteiger partial charge in [-0.05, 0) is 23.9 Å². The van der Waals surface area contributed by atoms with Crippen molar-refractivity contribution in [2.75, 3.05) is 11.5 Å². The quantitative estimate of drug-likeness (QED) is 0.849. The van der Waals surface area contributed by atoms with Gasteiger partial charge in [0.2, 0.25) is 0 Å². The van der Waals surface area contributed by atoms with Crippen LogP contribution in [0, 0.1) is 5.82 Å². The molecule has 122 valence electrons. The molecule has 23 heavy (non-hydrogen) atoms. The van der Waals surface area contributed by atoms with E-state index in [1.54, 1.807) is 35.7 Å². The maximum Gasteiger partial charge on any atom is 0.264 e. The van der Waals surface area contributed by atoms with Gasteiger partial charge in [-0.3, -0.25) is 4.79 Å². The predicted molar refractivity (Wildman–Crippen MR) is 87.7 cm³/mol. The van der Waals surface area contributed by atoms with E-state index >= 15 is 0 Å². The van der Waals surface area contributed by atoms with Crippen LogP contribution < -0.4 is 0 Å². The minimum Gasteiger partial charge on any atom is -0.329 e. The molecule has 0 bridgehead atoms. The summed E-state index contributed by atoms with van der Waals surface area (Å²) in [6.07, 6.45) is 0.397. The molecule has 0 N–H and O–H groups in total. The van der Waals surface area contributed by atoms with Gasteiger partial charge in [0.05, 0.1) is 16.4 Å². The molecule has 0 radical (unpaired) electrons. The molecule has 2 heterocycles. The Morgan fingerprint density at radius 2 is 2.04 bits per heavy atom.